The molecule has 0 bridgehead atoms. The number of rotatable bonds is 20. The minimum atomic E-state index is -2.50. The van der Waals surface area contributed by atoms with Crippen molar-refractivity contribution in [3.8, 4) is 0 Å². The van der Waals surface area contributed by atoms with Gasteiger partial charge >= 0.3 is 5.97 Å². The minimum absolute atomic E-state index is 0.0111. The van der Waals surface area contributed by atoms with E-state index in [9.17, 15) is 4.79 Å². The van der Waals surface area contributed by atoms with Crippen LogP contribution in [0.25, 0.3) is 0 Å². The molecule has 0 aliphatic rings. The number of carbonyl (C=O) groups is 1. The van der Waals surface area contributed by atoms with Crippen molar-refractivity contribution in [3.05, 3.63) is 85.0 Å². The first kappa shape index (κ1) is 33.8. The topological polar surface area (TPSA) is 46.5 Å². The maximum Gasteiger partial charge on any atom is 0.303 e. The second-order valence-corrected chi connectivity index (χ2v) is 16.2. The van der Waals surface area contributed by atoms with E-state index in [0.29, 0.717) is 0 Å². The molecule has 0 amide bonds. The molecule has 0 aromatic heterocycles. The normalized spacial score (nSPS) is 13.3. The van der Waals surface area contributed by atoms with Gasteiger partial charge in [0, 0.05) is 12.5 Å². The van der Waals surface area contributed by atoms with E-state index in [1.165, 1.54) is 42.5 Å². The van der Waals surface area contributed by atoms with Gasteiger partial charge in [0.25, 0.3) is 8.32 Å². The highest BCUT2D eigenvalue weighted by Crippen LogP contribution is 2.38. The molecule has 0 saturated carbocycles. The van der Waals surface area contributed by atoms with Crippen LogP contribution in [0, 0.1) is 0 Å². The SMILES string of the molecule is CCC(CC/C=C\CCCCCCC/C=C\CCCC(=O)O)O[Si](c1ccccc1)(c1ccccc1)C(C)(C)C. The number of unbranched alkanes of at least 4 members (excludes halogenated alkanes) is 7. The average molecular weight is 563 g/mol. The summed E-state index contributed by atoms with van der Waals surface area (Å²) in [6, 6.07) is 21.9. The van der Waals surface area contributed by atoms with E-state index < -0.39 is 14.3 Å². The first-order valence-corrected chi connectivity index (χ1v) is 17.5. The van der Waals surface area contributed by atoms with Crippen LogP contribution < -0.4 is 10.4 Å². The summed E-state index contributed by atoms with van der Waals surface area (Å²) in [5.41, 5.74) is 0. The van der Waals surface area contributed by atoms with Crippen LogP contribution in [0.2, 0.25) is 5.04 Å². The molecule has 0 fully saturated rings. The molecular weight excluding hydrogens is 508 g/mol. The van der Waals surface area contributed by atoms with Crippen LogP contribution in [-0.2, 0) is 9.22 Å². The zero-order valence-corrected chi connectivity index (χ0v) is 26.6. The van der Waals surface area contributed by atoms with Crippen molar-refractivity contribution in [1.29, 1.82) is 0 Å². The zero-order valence-electron chi connectivity index (χ0n) is 25.6. The Morgan fingerprint density at radius 2 is 1.20 bits per heavy atom. The fourth-order valence-corrected chi connectivity index (χ4v) is 10.3. The Balaban J connectivity index is 1.77. The third-order valence-corrected chi connectivity index (χ3v) is 12.8. The van der Waals surface area contributed by atoms with Crippen LogP contribution in [0.4, 0.5) is 0 Å². The average Bonchev–Trinajstić information content (AvgIpc) is 2.94. The molecule has 0 heterocycles. The van der Waals surface area contributed by atoms with Gasteiger partial charge in [-0.25, -0.2) is 0 Å². The largest absolute Gasteiger partial charge is 0.481 e. The maximum atomic E-state index is 10.5. The van der Waals surface area contributed by atoms with Gasteiger partial charge in [-0.2, -0.15) is 0 Å². The third-order valence-electron chi connectivity index (χ3n) is 7.71. The van der Waals surface area contributed by atoms with Crippen LogP contribution in [-0.4, -0.2) is 25.5 Å². The number of hydrogen-bond acceptors (Lipinski definition) is 2. The number of carboxylic acids is 1. The van der Waals surface area contributed by atoms with Crippen molar-refractivity contribution in [3.63, 3.8) is 0 Å². The number of carboxylic acid groups (broad SMARTS) is 1. The highest BCUT2D eigenvalue weighted by Gasteiger charge is 2.51. The van der Waals surface area contributed by atoms with E-state index >= 15 is 0 Å². The lowest BCUT2D eigenvalue weighted by Gasteiger charge is -2.45. The summed E-state index contributed by atoms with van der Waals surface area (Å²) in [4.78, 5) is 10.5. The molecule has 0 aliphatic heterocycles. The fourth-order valence-electron chi connectivity index (χ4n) is 5.47. The summed E-state index contributed by atoms with van der Waals surface area (Å²) in [5, 5.41) is 11.4. The van der Waals surface area contributed by atoms with E-state index in [2.05, 4.69) is 113 Å². The third kappa shape index (κ3) is 11.6. The van der Waals surface area contributed by atoms with E-state index in [-0.39, 0.29) is 17.6 Å². The van der Waals surface area contributed by atoms with Gasteiger partial charge in [0.1, 0.15) is 0 Å². The summed E-state index contributed by atoms with van der Waals surface area (Å²) in [6.07, 6.45) is 23.0. The van der Waals surface area contributed by atoms with Gasteiger partial charge in [0.05, 0.1) is 0 Å². The Morgan fingerprint density at radius 3 is 1.65 bits per heavy atom. The van der Waals surface area contributed by atoms with Crippen molar-refractivity contribution in [1.82, 2.24) is 0 Å². The Hall–Kier alpha value is -2.43. The smallest absolute Gasteiger partial charge is 0.303 e. The maximum absolute atomic E-state index is 10.5. The second kappa shape index (κ2) is 18.8. The van der Waals surface area contributed by atoms with Crippen molar-refractivity contribution >= 4 is 24.7 Å². The van der Waals surface area contributed by atoms with Gasteiger partial charge in [-0.05, 0) is 73.2 Å². The molecule has 2 aromatic rings. The van der Waals surface area contributed by atoms with Crippen molar-refractivity contribution in [2.75, 3.05) is 0 Å². The number of allylic oxidation sites excluding steroid dienone is 4. The molecule has 3 nitrogen and oxygen atoms in total. The van der Waals surface area contributed by atoms with Crippen molar-refractivity contribution in [2.45, 2.75) is 122 Å². The molecule has 1 atom stereocenters. The first-order valence-electron chi connectivity index (χ1n) is 15.6. The van der Waals surface area contributed by atoms with E-state index in [1.807, 2.05) is 0 Å². The summed E-state index contributed by atoms with van der Waals surface area (Å²) in [7, 11) is -2.50. The van der Waals surface area contributed by atoms with Crippen LogP contribution in [0.3, 0.4) is 0 Å². The molecule has 0 saturated heterocycles. The molecule has 2 aromatic carbocycles. The quantitative estimate of drug-likeness (QED) is 0.0994. The fraction of sp³-hybridized carbons (Fsp3) is 0.528. The van der Waals surface area contributed by atoms with Crippen LogP contribution in [0.5, 0.6) is 0 Å². The molecule has 220 valence electrons. The standard InChI is InChI=1S/C36H54O3Si/c1-5-32(26-20-16-14-12-10-8-6-7-9-11-13-15-17-25-31-35(37)38)39-40(36(2,3)4,33-27-21-18-22-28-33)34-29-23-19-24-30-34/h13-16,18-19,21-24,27-30,32H,5-12,17,20,25-26,31H2,1-4H3,(H,37,38)/b15-13-,16-14-. The molecule has 0 aliphatic carbocycles. The number of benzene rings is 2. The summed E-state index contributed by atoms with van der Waals surface area (Å²) >= 11 is 0. The lowest BCUT2D eigenvalue weighted by atomic mass is 10.1. The van der Waals surface area contributed by atoms with E-state index in [1.54, 1.807) is 0 Å². The summed E-state index contributed by atoms with van der Waals surface area (Å²) in [6.45, 7) is 9.33. The molecule has 2 rings (SSSR count). The molecule has 40 heavy (non-hydrogen) atoms. The molecule has 1 N–H and O–H groups in total. The van der Waals surface area contributed by atoms with Crippen LogP contribution in [0.1, 0.15) is 111 Å². The molecule has 0 radical (unpaired) electrons. The van der Waals surface area contributed by atoms with Gasteiger partial charge < -0.3 is 9.53 Å². The predicted molar refractivity (Wildman–Crippen MR) is 174 cm³/mol. The molecule has 1 unspecified atom stereocenters. The Bertz CT molecular complexity index is 952. The minimum Gasteiger partial charge on any atom is -0.481 e. The van der Waals surface area contributed by atoms with Gasteiger partial charge in [-0.3, -0.25) is 4.79 Å². The van der Waals surface area contributed by atoms with Crippen LogP contribution in [0.15, 0.2) is 85.0 Å². The summed E-state index contributed by atoms with van der Waals surface area (Å²) < 4.78 is 7.33. The van der Waals surface area contributed by atoms with Gasteiger partial charge in [0.2, 0.25) is 0 Å². The predicted octanol–water partition coefficient (Wildman–Crippen LogP) is 9.22. The van der Waals surface area contributed by atoms with E-state index in [0.717, 1.165) is 44.9 Å². The van der Waals surface area contributed by atoms with Crippen LogP contribution >= 0.6 is 0 Å². The molecular formula is C36H54O3Si. The summed E-state index contributed by atoms with van der Waals surface area (Å²) in [5.74, 6) is -0.700. The number of hydrogen-bond donors (Lipinski definition) is 1. The highest BCUT2D eigenvalue weighted by molar-refractivity contribution is 6.99. The van der Waals surface area contributed by atoms with Crippen molar-refractivity contribution < 1.29 is 14.3 Å². The highest BCUT2D eigenvalue weighted by atomic mass is 28.4. The lowest BCUT2D eigenvalue weighted by molar-refractivity contribution is -0.137. The monoisotopic (exact) mass is 562 g/mol. The zero-order chi connectivity index (χ0) is 29.1. The Morgan fingerprint density at radius 1 is 0.750 bits per heavy atom. The lowest BCUT2D eigenvalue weighted by Crippen LogP contribution is -2.67. The van der Waals surface area contributed by atoms with Gasteiger partial charge in [0.15, 0.2) is 0 Å². The van der Waals surface area contributed by atoms with Gasteiger partial charge in [-0.15, -0.1) is 0 Å². The molecule has 4 heteroatoms. The first-order chi connectivity index (χ1) is 19.3. The number of aliphatic carboxylic acids is 1. The Kier molecular flexibility index (Phi) is 15.9. The van der Waals surface area contributed by atoms with Crippen molar-refractivity contribution in [2.24, 2.45) is 0 Å². The Labute approximate surface area is 245 Å². The van der Waals surface area contributed by atoms with Gasteiger partial charge in [-0.1, -0.05) is 132 Å². The van der Waals surface area contributed by atoms with E-state index in [4.69, 9.17) is 9.53 Å². The second-order valence-electron chi connectivity index (χ2n) is 12.0. The molecule has 0 spiro atoms.